The predicted molar refractivity (Wildman–Crippen MR) is 71.0 cm³/mol. The Morgan fingerprint density at radius 2 is 2.33 bits per heavy atom. The lowest BCUT2D eigenvalue weighted by molar-refractivity contribution is 0.0954. The van der Waals surface area contributed by atoms with Crippen LogP contribution < -0.4 is 10.1 Å². The number of ether oxygens (including phenoxy) is 1. The quantitative estimate of drug-likeness (QED) is 0.920. The molecule has 0 atom stereocenters. The first kappa shape index (κ1) is 12.6. The molecule has 0 aliphatic rings. The van der Waals surface area contributed by atoms with Gasteiger partial charge in [0.2, 0.25) is 0 Å². The van der Waals surface area contributed by atoms with Crippen molar-refractivity contribution in [1.82, 2.24) is 10.3 Å². The van der Waals surface area contributed by atoms with E-state index in [2.05, 4.69) is 10.3 Å². The second-order valence-electron chi connectivity index (χ2n) is 3.78. The Hall–Kier alpha value is -1.88. The number of aromatic nitrogens is 1. The molecular formula is C13H14N2O2S. The number of benzene rings is 1. The molecule has 0 bridgehead atoms. The number of rotatable bonds is 4. The molecule has 5 heteroatoms. The summed E-state index contributed by atoms with van der Waals surface area (Å²) in [4.78, 5) is 16.5. The van der Waals surface area contributed by atoms with E-state index in [1.54, 1.807) is 13.3 Å². The van der Waals surface area contributed by atoms with Crippen molar-refractivity contribution in [1.29, 1.82) is 0 Å². The summed E-state index contributed by atoms with van der Waals surface area (Å²) >= 11 is 1.39. The Labute approximate surface area is 110 Å². The lowest BCUT2D eigenvalue weighted by atomic mass is 10.2. The van der Waals surface area contributed by atoms with E-state index in [4.69, 9.17) is 4.74 Å². The monoisotopic (exact) mass is 262 g/mol. The van der Waals surface area contributed by atoms with Gasteiger partial charge >= 0.3 is 0 Å². The van der Waals surface area contributed by atoms with Gasteiger partial charge < -0.3 is 10.1 Å². The first-order valence-electron chi connectivity index (χ1n) is 5.52. The molecule has 0 aliphatic heterocycles. The second kappa shape index (κ2) is 5.64. The molecule has 0 saturated carbocycles. The van der Waals surface area contributed by atoms with Crippen LogP contribution in [-0.2, 0) is 6.54 Å². The summed E-state index contributed by atoms with van der Waals surface area (Å²) < 4.78 is 5.13. The van der Waals surface area contributed by atoms with Gasteiger partial charge in [0.15, 0.2) is 0 Å². The van der Waals surface area contributed by atoms with Gasteiger partial charge in [0.05, 0.1) is 18.3 Å². The summed E-state index contributed by atoms with van der Waals surface area (Å²) in [6.07, 6.45) is 1.60. The Morgan fingerprint density at radius 3 is 3.00 bits per heavy atom. The van der Waals surface area contributed by atoms with Crippen LogP contribution in [0, 0.1) is 6.92 Å². The third-order valence-electron chi connectivity index (χ3n) is 2.43. The highest BCUT2D eigenvalue weighted by Gasteiger charge is 2.08. The average Bonchev–Trinajstić information content (AvgIpc) is 2.83. The number of hydrogen-bond donors (Lipinski definition) is 1. The Kier molecular flexibility index (Phi) is 3.94. The number of methoxy groups -OCH3 is 1. The van der Waals surface area contributed by atoms with E-state index in [9.17, 15) is 4.79 Å². The molecule has 0 unspecified atom stereocenters. The number of amides is 1. The highest BCUT2D eigenvalue weighted by molar-refractivity contribution is 7.13. The van der Waals surface area contributed by atoms with E-state index < -0.39 is 0 Å². The van der Waals surface area contributed by atoms with Crippen LogP contribution in [0.4, 0.5) is 0 Å². The van der Waals surface area contributed by atoms with Gasteiger partial charge in [0.1, 0.15) is 10.6 Å². The van der Waals surface area contributed by atoms with E-state index in [0.29, 0.717) is 11.4 Å². The van der Waals surface area contributed by atoms with Crippen LogP contribution in [0.25, 0.3) is 0 Å². The molecule has 0 radical (unpaired) electrons. The normalized spacial score (nSPS) is 10.1. The fourth-order valence-electron chi connectivity index (χ4n) is 1.52. The molecule has 4 nitrogen and oxygen atoms in total. The van der Waals surface area contributed by atoms with Crippen molar-refractivity contribution in [2.24, 2.45) is 0 Å². The smallest absolute Gasteiger partial charge is 0.263 e. The minimum absolute atomic E-state index is 0.0941. The molecule has 1 heterocycles. The van der Waals surface area contributed by atoms with Crippen molar-refractivity contribution in [2.45, 2.75) is 13.5 Å². The minimum atomic E-state index is -0.0941. The molecule has 0 fully saturated rings. The van der Waals surface area contributed by atoms with E-state index in [1.165, 1.54) is 11.3 Å². The first-order chi connectivity index (χ1) is 8.69. The first-order valence-corrected chi connectivity index (χ1v) is 6.34. The van der Waals surface area contributed by atoms with Crippen LogP contribution in [0.2, 0.25) is 0 Å². The molecule has 18 heavy (non-hydrogen) atoms. The molecule has 0 aliphatic carbocycles. The highest BCUT2D eigenvalue weighted by atomic mass is 32.1. The SMILES string of the molecule is COc1cccc(CNC(=O)c2cnc(C)s2)c1. The Balaban J connectivity index is 1.97. The number of nitrogens with zero attached hydrogens (tertiary/aromatic N) is 1. The lowest BCUT2D eigenvalue weighted by Crippen LogP contribution is -2.21. The number of aryl methyl sites for hydroxylation is 1. The summed E-state index contributed by atoms with van der Waals surface area (Å²) in [6.45, 7) is 2.36. The maximum atomic E-state index is 11.8. The van der Waals surface area contributed by atoms with E-state index >= 15 is 0 Å². The molecule has 2 rings (SSSR count). The number of carbonyl (C=O) groups excluding carboxylic acids is 1. The zero-order chi connectivity index (χ0) is 13.0. The fourth-order valence-corrected chi connectivity index (χ4v) is 2.21. The van der Waals surface area contributed by atoms with Crippen LogP contribution in [0.5, 0.6) is 5.75 Å². The van der Waals surface area contributed by atoms with Gasteiger partial charge in [-0.2, -0.15) is 0 Å². The zero-order valence-electron chi connectivity index (χ0n) is 10.3. The molecule has 0 spiro atoms. The maximum absolute atomic E-state index is 11.8. The summed E-state index contributed by atoms with van der Waals surface area (Å²) in [5, 5.41) is 3.75. The molecular weight excluding hydrogens is 248 g/mol. The van der Waals surface area contributed by atoms with Gasteiger partial charge in [-0.1, -0.05) is 12.1 Å². The summed E-state index contributed by atoms with van der Waals surface area (Å²) in [7, 11) is 1.62. The third kappa shape index (κ3) is 3.07. The largest absolute Gasteiger partial charge is 0.497 e. The van der Waals surface area contributed by atoms with Crippen molar-refractivity contribution in [3.05, 3.63) is 45.9 Å². The van der Waals surface area contributed by atoms with Crippen LogP contribution in [-0.4, -0.2) is 18.0 Å². The van der Waals surface area contributed by atoms with Crippen LogP contribution in [0.3, 0.4) is 0 Å². The van der Waals surface area contributed by atoms with Crippen molar-refractivity contribution in [3.63, 3.8) is 0 Å². The van der Waals surface area contributed by atoms with Gasteiger partial charge in [-0.3, -0.25) is 4.79 Å². The molecule has 1 N–H and O–H groups in total. The van der Waals surface area contributed by atoms with Crippen LogP contribution in [0.1, 0.15) is 20.2 Å². The van der Waals surface area contributed by atoms with E-state index in [1.807, 2.05) is 31.2 Å². The summed E-state index contributed by atoms with van der Waals surface area (Å²) in [5.41, 5.74) is 1.00. The molecule has 1 amide bonds. The third-order valence-corrected chi connectivity index (χ3v) is 3.34. The van der Waals surface area contributed by atoms with Gasteiger partial charge in [-0.15, -0.1) is 11.3 Å². The van der Waals surface area contributed by atoms with Crippen LogP contribution >= 0.6 is 11.3 Å². The van der Waals surface area contributed by atoms with Crippen molar-refractivity contribution >= 4 is 17.2 Å². The topological polar surface area (TPSA) is 51.2 Å². The van der Waals surface area contributed by atoms with E-state index in [0.717, 1.165) is 16.3 Å². The van der Waals surface area contributed by atoms with Gasteiger partial charge in [-0.05, 0) is 24.6 Å². The molecule has 2 aromatic rings. The fraction of sp³-hybridized carbons (Fsp3) is 0.231. The standard InChI is InChI=1S/C13H14N2O2S/c1-9-14-8-12(18-9)13(16)15-7-10-4-3-5-11(6-10)17-2/h3-6,8H,7H2,1-2H3,(H,15,16). The maximum Gasteiger partial charge on any atom is 0.263 e. The minimum Gasteiger partial charge on any atom is -0.497 e. The molecule has 1 aromatic heterocycles. The predicted octanol–water partition coefficient (Wildman–Crippen LogP) is 2.39. The van der Waals surface area contributed by atoms with Gasteiger partial charge in [-0.25, -0.2) is 4.98 Å². The highest BCUT2D eigenvalue weighted by Crippen LogP contribution is 2.14. The lowest BCUT2D eigenvalue weighted by Gasteiger charge is -2.05. The number of nitrogens with one attached hydrogen (secondary N) is 1. The number of carbonyl (C=O) groups is 1. The summed E-state index contributed by atoms with van der Waals surface area (Å²) in [6, 6.07) is 7.62. The molecule has 94 valence electrons. The Bertz CT molecular complexity index is 551. The van der Waals surface area contributed by atoms with E-state index in [-0.39, 0.29) is 5.91 Å². The second-order valence-corrected chi connectivity index (χ2v) is 5.01. The average molecular weight is 262 g/mol. The molecule has 1 aromatic carbocycles. The molecule has 0 saturated heterocycles. The van der Waals surface area contributed by atoms with Gasteiger partial charge in [0, 0.05) is 6.54 Å². The van der Waals surface area contributed by atoms with Gasteiger partial charge in [0.25, 0.3) is 5.91 Å². The summed E-state index contributed by atoms with van der Waals surface area (Å²) in [5.74, 6) is 0.693. The van der Waals surface area contributed by atoms with Crippen molar-refractivity contribution in [3.8, 4) is 5.75 Å². The number of hydrogen-bond acceptors (Lipinski definition) is 4. The zero-order valence-corrected chi connectivity index (χ0v) is 11.1. The number of thiazole rings is 1. The van der Waals surface area contributed by atoms with Crippen molar-refractivity contribution in [2.75, 3.05) is 7.11 Å². The Morgan fingerprint density at radius 1 is 1.50 bits per heavy atom. The van der Waals surface area contributed by atoms with Crippen LogP contribution in [0.15, 0.2) is 30.5 Å². The van der Waals surface area contributed by atoms with Crippen molar-refractivity contribution < 1.29 is 9.53 Å².